The van der Waals surface area contributed by atoms with Crippen molar-refractivity contribution in [1.82, 2.24) is 4.57 Å². The van der Waals surface area contributed by atoms with Crippen LogP contribution in [0.3, 0.4) is 0 Å². The minimum absolute atomic E-state index is 0.190. The van der Waals surface area contributed by atoms with Crippen LogP contribution in [0.25, 0.3) is 6.08 Å². The van der Waals surface area contributed by atoms with Crippen molar-refractivity contribution in [2.75, 3.05) is 13.7 Å². The topological polar surface area (TPSA) is 79.1 Å². The average Bonchev–Trinajstić information content (AvgIpc) is 3.26. The molecule has 3 aromatic carbocycles. The average molecular weight is 735 g/mol. The molecule has 0 saturated heterocycles. The highest BCUT2D eigenvalue weighted by molar-refractivity contribution is 14.1. The van der Waals surface area contributed by atoms with E-state index >= 15 is 0 Å². The summed E-state index contributed by atoms with van der Waals surface area (Å²) in [6, 6.07) is 17.5. The Hall–Kier alpha value is -3.12. The Labute approximate surface area is 269 Å². The Morgan fingerprint density at radius 2 is 1.88 bits per heavy atom. The maximum absolute atomic E-state index is 13.9. The third-order valence-corrected chi connectivity index (χ3v) is 8.94. The number of carbonyl (C=O) groups is 1. The maximum Gasteiger partial charge on any atom is 0.338 e. The summed E-state index contributed by atoms with van der Waals surface area (Å²) in [5.41, 5.74) is 2.79. The molecule has 1 unspecified atom stereocenters. The maximum atomic E-state index is 13.9. The summed E-state index contributed by atoms with van der Waals surface area (Å²) in [6.07, 6.45) is 1.78. The highest BCUT2D eigenvalue weighted by Gasteiger charge is 2.34. The van der Waals surface area contributed by atoms with Crippen LogP contribution in [0.2, 0.25) is 10.0 Å². The molecule has 4 aromatic rings. The number of hydrogen-bond donors (Lipinski definition) is 0. The van der Waals surface area contributed by atoms with Gasteiger partial charge in [0.25, 0.3) is 5.56 Å². The number of rotatable bonds is 8. The molecule has 0 saturated carbocycles. The second-order valence-electron chi connectivity index (χ2n) is 9.27. The van der Waals surface area contributed by atoms with E-state index in [1.807, 2.05) is 42.5 Å². The van der Waals surface area contributed by atoms with E-state index in [9.17, 15) is 9.59 Å². The zero-order valence-electron chi connectivity index (χ0n) is 22.8. The van der Waals surface area contributed by atoms with E-state index in [-0.39, 0.29) is 17.7 Å². The monoisotopic (exact) mass is 734 g/mol. The van der Waals surface area contributed by atoms with Crippen molar-refractivity contribution in [1.29, 1.82) is 0 Å². The summed E-state index contributed by atoms with van der Waals surface area (Å²) in [4.78, 5) is 32.1. The minimum Gasteiger partial charge on any atom is -0.493 e. The number of aromatic nitrogens is 1. The van der Waals surface area contributed by atoms with Gasteiger partial charge in [-0.2, -0.15) is 0 Å². The van der Waals surface area contributed by atoms with Gasteiger partial charge in [0, 0.05) is 10.0 Å². The first-order valence-corrected chi connectivity index (χ1v) is 15.6. The molecule has 1 aliphatic rings. The molecule has 7 nitrogen and oxygen atoms in total. The number of nitrogens with zero attached hydrogens (tertiary/aromatic N) is 2. The number of ether oxygens (including phenoxy) is 3. The zero-order chi connectivity index (χ0) is 30.0. The highest BCUT2D eigenvalue weighted by Crippen LogP contribution is 2.36. The summed E-state index contributed by atoms with van der Waals surface area (Å²) in [5, 5.41) is 1.09. The molecule has 11 heteroatoms. The van der Waals surface area contributed by atoms with Gasteiger partial charge in [-0.15, -0.1) is 0 Å². The van der Waals surface area contributed by atoms with E-state index < -0.39 is 12.0 Å². The molecule has 216 valence electrons. The van der Waals surface area contributed by atoms with Crippen molar-refractivity contribution in [3.63, 3.8) is 0 Å². The zero-order valence-corrected chi connectivity index (χ0v) is 27.3. The van der Waals surface area contributed by atoms with E-state index in [1.54, 1.807) is 45.2 Å². The van der Waals surface area contributed by atoms with E-state index in [0.717, 1.165) is 14.7 Å². The lowest BCUT2D eigenvalue weighted by Gasteiger charge is -2.25. The van der Waals surface area contributed by atoms with Gasteiger partial charge in [-0.3, -0.25) is 9.36 Å². The van der Waals surface area contributed by atoms with Crippen molar-refractivity contribution in [3.8, 4) is 11.5 Å². The first-order valence-electron chi connectivity index (χ1n) is 12.9. The molecule has 0 radical (unpaired) electrons. The Bertz CT molecular complexity index is 1880. The Balaban J connectivity index is 1.58. The normalized spacial score (nSPS) is 14.8. The van der Waals surface area contributed by atoms with Crippen LogP contribution in [0, 0.1) is 3.57 Å². The van der Waals surface area contributed by atoms with Gasteiger partial charge in [0.1, 0.15) is 12.6 Å². The first-order chi connectivity index (χ1) is 20.2. The number of methoxy groups -OCH3 is 1. The minimum atomic E-state index is -0.783. The van der Waals surface area contributed by atoms with E-state index in [2.05, 4.69) is 27.6 Å². The highest BCUT2D eigenvalue weighted by atomic mass is 127. The Morgan fingerprint density at radius 3 is 2.57 bits per heavy atom. The molecule has 42 heavy (non-hydrogen) atoms. The number of hydrogen-bond acceptors (Lipinski definition) is 7. The fraction of sp³-hybridized carbons (Fsp3) is 0.194. The van der Waals surface area contributed by atoms with Gasteiger partial charge in [-0.1, -0.05) is 64.9 Å². The predicted molar refractivity (Wildman–Crippen MR) is 173 cm³/mol. The van der Waals surface area contributed by atoms with Crippen LogP contribution in [-0.4, -0.2) is 24.3 Å². The van der Waals surface area contributed by atoms with E-state index in [1.165, 1.54) is 15.9 Å². The number of esters is 1. The number of thiazole rings is 1. The van der Waals surface area contributed by atoms with Crippen molar-refractivity contribution in [3.05, 3.63) is 122 Å². The summed E-state index contributed by atoms with van der Waals surface area (Å²) >= 11 is 16.0. The Morgan fingerprint density at radius 1 is 1.14 bits per heavy atom. The molecule has 0 fully saturated rings. The van der Waals surface area contributed by atoms with Gasteiger partial charge in [0.2, 0.25) is 0 Å². The lowest BCUT2D eigenvalue weighted by Crippen LogP contribution is -2.40. The van der Waals surface area contributed by atoms with Crippen molar-refractivity contribution in [2.45, 2.75) is 26.5 Å². The lowest BCUT2D eigenvalue weighted by molar-refractivity contribution is -0.139. The quantitative estimate of drug-likeness (QED) is 0.157. The molecule has 1 aromatic heterocycles. The summed E-state index contributed by atoms with van der Waals surface area (Å²) in [7, 11) is 1.57. The van der Waals surface area contributed by atoms with Crippen LogP contribution in [0.4, 0.5) is 0 Å². The molecule has 0 N–H and O–H groups in total. The SMILES string of the molecule is CCOC(=O)C1=C(C)N=c2s/c(=C\c3cc(I)c(OCc4ccc(Cl)cc4)c(OC)c3)c(=O)n2C1c1ccccc1Cl. The number of fused-ring (bicyclic) bond motifs is 1. The predicted octanol–water partition coefficient (Wildman–Crippen LogP) is 6.30. The van der Waals surface area contributed by atoms with Crippen LogP contribution in [0.5, 0.6) is 11.5 Å². The van der Waals surface area contributed by atoms with Crippen LogP contribution in [0.15, 0.2) is 81.7 Å². The first kappa shape index (κ1) is 30.3. The van der Waals surface area contributed by atoms with Crippen LogP contribution in [-0.2, 0) is 16.1 Å². The summed E-state index contributed by atoms with van der Waals surface area (Å²) in [6.45, 7) is 4.00. The van der Waals surface area contributed by atoms with Crippen LogP contribution in [0.1, 0.15) is 36.6 Å². The molecule has 0 aliphatic carbocycles. The molecular formula is C31H25Cl2IN2O5S. The molecule has 5 rings (SSSR count). The number of benzene rings is 3. The fourth-order valence-corrected chi connectivity index (χ4v) is 6.83. The fourth-order valence-electron chi connectivity index (χ4n) is 4.63. The van der Waals surface area contributed by atoms with Gasteiger partial charge in [0.15, 0.2) is 16.3 Å². The van der Waals surface area contributed by atoms with Crippen molar-refractivity contribution in [2.24, 2.45) is 4.99 Å². The number of carbonyl (C=O) groups excluding carboxylic acids is 1. The number of allylic oxidation sites excluding steroid dienone is 1. The second-order valence-corrected chi connectivity index (χ2v) is 12.3. The Kier molecular flexibility index (Phi) is 9.41. The van der Waals surface area contributed by atoms with Gasteiger partial charge >= 0.3 is 5.97 Å². The van der Waals surface area contributed by atoms with Crippen molar-refractivity contribution < 1.29 is 19.0 Å². The largest absolute Gasteiger partial charge is 0.493 e. The lowest BCUT2D eigenvalue weighted by atomic mass is 9.96. The van der Waals surface area contributed by atoms with Gasteiger partial charge in [-0.05, 0) is 89.5 Å². The standard InChI is InChI=1S/C31H25Cl2IN2O5S/c1-4-40-30(38)26-17(2)35-31-36(27(26)21-7-5-6-8-22(21)33)29(37)25(42-31)15-19-13-23(34)28(24(14-19)39-3)41-16-18-9-11-20(32)12-10-18/h5-15,27H,4,16H2,1-3H3/b25-15-. The molecule has 1 aliphatic heterocycles. The molecule has 0 bridgehead atoms. The molecule has 0 amide bonds. The smallest absolute Gasteiger partial charge is 0.338 e. The number of halogens is 3. The molecule has 0 spiro atoms. The molecule has 1 atom stereocenters. The second kappa shape index (κ2) is 13.0. The van der Waals surface area contributed by atoms with E-state index in [0.29, 0.717) is 48.7 Å². The van der Waals surface area contributed by atoms with Gasteiger partial charge in [-0.25, -0.2) is 9.79 Å². The van der Waals surface area contributed by atoms with E-state index in [4.69, 9.17) is 37.4 Å². The van der Waals surface area contributed by atoms with Gasteiger partial charge in [0.05, 0.1) is 33.1 Å². The summed E-state index contributed by atoms with van der Waals surface area (Å²) in [5.74, 6) is 0.593. The summed E-state index contributed by atoms with van der Waals surface area (Å²) < 4.78 is 19.9. The van der Waals surface area contributed by atoms with Crippen LogP contribution < -0.4 is 24.4 Å². The molecule has 2 heterocycles. The third kappa shape index (κ3) is 6.15. The third-order valence-electron chi connectivity index (χ3n) is 6.56. The molecular weight excluding hydrogens is 710 g/mol. The van der Waals surface area contributed by atoms with Gasteiger partial charge < -0.3 is 14.2 Å². The van der Waals surface area contributed by atoms with Crippen molar-refractivity contribution >= 4 is 69.2 Å². The van der Waals surface area contributed by atoms with Crippen LogP contribution >= 0.6 is 57.1 Å².